The summed E-state index contributed by atoms with van der Waals surface area (Å²) in [4.78, 5) is 42.5. The standard InChI is InChI=1S/C28H30F4N4O4/c1-14-7-18(27(39)40)8-21(29)25(14)17-5-6-23(36-12-15(2)35(4)16(3)13-36)22(9-17)34-26(38)19-11-33-24(37)10-20(19)28(30,31)32/h5-11,14-16,25H,12-13H2,1-4H3,(H,33,37)(H,34,38)(H,39,40)/t14?,15-,16+,25?. The zero-order valence-electron chi connectivity index (χ0n) is 22.3. The van der Waals surface area contributed by atoms with Crippen molar-refractivity contribution in [2.75, 3.05) is 30.4 Å². The van der Waals surface area contributed by atoms with Crippen LogP contribution in [0.15, 0.2) is 58.8 Å². The molecule has 12 heteroatoms. The molecule has 1 amide bonds. The number of rotatable bonds is 5. The minimum absolute atomic E-state index is 0.126. The minimum Gasteiger partial charge on any atom is -0.478 e. The fraction of sp³-hybridized carbons (Fsp3) is 0.393. The van der Waals surface area contributed by atoms with Gasteiger partial charge in [0.15, 0.2) is 0 Å². The van der Waals surface area contributed by atoms with E-state index in [0.717, 1.165) is 6.08 Å². The first kappa shape index (κ1) is 29.1. The summed E-state index contributed by atoms with van der Waals surface area (Å²) < 4.78 is 56.2. The number of carbonyl (C=O) groups is 2. The van der Waals surface area contributed by atoms with Gasteiger partial charge in [0.05, 0.1) is 28.1 Å². The first-order valence-electron chi connectivity index (χ1n) is 12.7. The molecule has 0 spiro atoms. The van der Waals surface area contributed by atoms with Crippen molar-refractivity contribution in [2.45, 2.75) is 44.9 Å². The van der Waals surface area contributed by atoms with Crippen molar-refractivity contribution in [2.24, 2.45) is 5.92 Å². The van der Waals surface area contributed by atoms with Gasteiger partial charge in [-0.15, -0.1) is 0 Å². The summed E-state index contributed by atoms with van der Waals surface area (Å²) in [5, 5.41) is 11.8. The molecule has 0 radical (unpaired) electrons. The Morgan fingerprint density at radius 3 is 2.33 bits per heavy atom. The van der Waals surface area contributed by atoms with E-state index >= 15 is 4.39 Å². The van der Waals surface area contributed by atoms with E-state index in [1.165, 1.54) is 12.1 Å². The van der Waals surface area contributed by atoms with Crippen LogP contribution in [0.3, 0.4) is 0 Å². The molecule has 1 fully saturated rings. The van der Waals surface area contributed by atoms with E-state index in [4.69, 9.17) is 0 Å². The van der Waals surface area contributed by atoms with Gasteiger partial charge in [-0.2, -0.15) is 13.2 Å². The summed E-state index contributed by atoms with van der Waals surface area (Å²) in [5.74, 6) is -4.46. The van der Waals surface area contributed by atoms with Gasteiger partial charge >= 0.3 is 12.1 Å². The molecule has 0 saturated carbocycles. The molecule has 3 N–H and O–H groups in total. The molecule has 2 unspecified atom stereocenters. The van der Waals surface area contributed by atoms with Crippen molar-refractivity contribution in [3.8, 4) is 0 Å². The van der Waals surface area contributed by atoms with Gasteiger partial charge in [-0.3, -0.25) is 14.5 Å². The summed E-state index contributed by atoms with van der Waals surface area (Å²) in [7, 11) is 1.99. The number of halogens is 4. The number of likely N-dealkylation sites (N-methyl/N-ethyl adjacent to an activating group) is 1. The Morgan fingerprint density at radius 2 is 1.75 bits per heavy atom. The number of nitrogens with one attached hydrogen (secondary N) is 2. The Kier molecular flexibility index (Phi) is 7.93. The minimum atomic E-state index is -4.95. The van der Waals surface area contributed by atoms with Crippen molar-refractivity contribution in [1.29, 1.82) is 0 Å². The van der Waals surface area contributed by atoms with Gasteiger partial charge in [-0.05, 0) is 50.6 Å². The van der Waals surface area contributed by atoms with E-state index in [9.17, 15) is 32.7 Å². The lowest BCUT2D eigenvalue weighted by Gasteiger charge is -2.44. The maximum absolute atomic E-state index is 15.2. The summed E-state index contributed by atoms with van der Waals surface area (Å²) in [6, 6.07) is 5.44. The Labute approximate surface area is 228 Å². The Bertz CT molecular complexity index is 1440. The highest BCUT2D eigenvalue weighted by molar-refractivity contribution is 6.07. The second-order valence-electron chi connectivity index (χ2n) is 10.4. The summed E-state index contributed by atoms with van der Waals surface area (Å²) in [5.41, 5.74) is -2.22. The molecule has 8 nitrogen and oxygen atoms in total. The first-order valence-corrected chi connectivity index (χ1v) is 12.7. The molecule has 0 bridgehead atoms. The van der Waals surface area contributed by atoms with Crippen LogP contribution in [0.25, 0.3) is 0 Å². The number of pyridine rings is 1. The van der Waals surface area contributed by atoms with Gasteiger partial charge in [0, 0.05) is 43.4 Å². The highest BCUT2D eigenvalue weighted by Gasteiger charge is 2.37. The maximum atomic E-state index is 15.2. The smallest absolute Gasteiger partial charge is 0.417 e. The summed E-state index contributed by atoms with van der Waals surface area (Å²) in [6.45, 7) is 6.84. The molecular formula is C28H30F4N4O4. The van der Waals surface area contributed by atoms with Crippen LogP contribution < -0.4 is 15.8 Å². The number of H-pyrrole nitrogens is 1. The number of piperazine rings is 1. The topological polar surface area (TPSA) is 106 Å². The van der Waals surface area contributed by atoms with Crippen LogP contribution in [0.2, 0.25) is 0 Å². The number of amides is 1. The number of aromatic amines is 1. The van der Waals surface area contributed by atoms with Crippen molar-refractivity contribution in [3.05, 3.63) is 81.1 Å². The molecule has 1 aliphatic heterocycles. The van der Waals surface area contributed by atoms with Crippen LogP contribution in [0.1, 0.15) is 48.2 Å². The number of carboxylic acids is 1. The maximum Gasteiger partial charge on any atom is 0.417 e. The lowest BCUT2D eigenvalue weighted by Crippen LogP contribution is -2.55. The van der Waals surface area contributed by atoms with Gasteiger partial charge in [-0.25, -0.2) is 9.18 Å². The van der Waals surface area contributed by atoms with E-state index in [0.29, 0.717) is 36.6 Å². The lowest BCUT2D eigenvalue weighted by atomic mass is 9.81. The highest BCUT2D eigenvalue weighted by atomic mass is 19.4. The molecule has 4 rings (SSSR count). The van der Waals surface area contributed by atoms with Crippen molar-refractivity contribution >= 4 is 23.3 Å². The SMILES string of the molecule is CC1C=C(C(=O)O)C=C(F)C1c1ccc(N2C[C@@H](C)N(C)[C@@H](C)C2)c(NC(=O)c2c[nH]c(=O)cc2C(F)(F)F)c1. The monoisotopic (exact) mass is 562 g/mol. The number of benzene rings is 1. The first-order chi connectivity index (χ1) is 18.7. The number of allylic oxidation sites excluding steroid dienone is 2. The average Bonchev–Trinajstić information content (AvgIpc) is 2.86. The average molecular weight is 563 g/mol. The molecule has 1 aromatic heterocycles. The molecule has 2 aromatic rings. The third-order valence-electron chi connectivity index (χ3n) is 7.61. The Hall–Kier alpha value is -3.93. The molecule has 214 valence electrons. The molecule has 40 heavy (non-hydrogen) atoms. The van der Waals surface area contributed by atoms with Crippen LogP contribution in [-0.2, 0) is 11.0 Å². The number of anilines is 2. The molecule has 1 saturated heterocycles. The quantitative estimate of drug-likeness (QED) is 0.454. The third-order valence-corrected chi connectivity index (χ3v) is 7.61. The molecule has 1 aliphatic carbocycles. The number of aromatic nitrogens is 1. The van der Waals surface area contributed by atoms with E-state index in [1.54, 1.807) is 19.1 Å². The Balaban J connectivity index is 1.78. The lowest BCUT2D eigenvalue weighted by molar-refractivity contribution is -0.138. The number of carboxylic acid groups (broad SMARTS) is 1. The number of nitrogens with zero attached hydrogens (tertiary/aromatic N) is 2. The molecule has 2 heterocycles. The number of carbonyl (C=O) groups excluding carboxylic acids is 1. The summed E-state index contributed by atoms with van der Waals surface area (Å²) >= 11 is 0. The van der Waals surface area contributed by atoms with Crippen LogP contribution in [0, 0.1) is 5.92 Å². The van der Waals surface area contributed by atoms with Crippen LogP contribution >= 0.6 is 0 Å². The normalized spacial score (nSPS) is 23.9. The number of hydrogen-bond donors (Lipinski definition) is 3. The summed E-state index contributed by atoms with van der Waals surface area (Å²) in [6.07, 6.45) is -1.86. The van der Waals surface area contributed by atoms with Crippen LogP contribution in [-0.4, -0.2) is 59.1 Å². The van der Waals surface area contributed by atoms with E-state index in [2.05, 4.69) is 15.2 Å². The van der Waals surface area contributed by atoms with E-state index < -0.39 is 52.4 Å². The van der Waals surface area contributed by atoms with E-state index in [-0.39, 0.29) is 23.3 Å². The van der Waals surface area contributed by atoms with Gasteiger partial charge in [0.2, 0.25) is 5.56 Å². The molecule has 4 atom stereocenters. The fourth-order valence-corrected chi connectivity index (χ4v) is 5.32. The van der Waals surface area contributed by atoms with Crippen molar-refractivity contribution < 1.29 is 32.3 Å². The Morgan fingerprint density at radius 1 is 1.10 bits per heavy atom. The zero-order valence-corrected chi connectivity index (χ0v) is 22.3. The predicted molar refractivity (Wildman–Crippen MR) is 142 cm³/mol. The van der Waals surface area contributed by atoms with Crippen molar-refractivity contribution in [3.63, 3.8) is 0 Å². The fourth-order valence-electron chi connectivity index (χ4n) is 5.32. The predicted octanol–water partition coefficient (Wildman–Crippen LogP) is 4.77. The van der Waals surface area contributed by atoms with Crippen LogP contribution in [0.5, 0.6) is 0 Å². The number of aliphatic carboxylic acids is 1. The zero-order chi connectivity index (χ0) is 29.5. The number of hydrogen-bond acceptors (Lipinski definition) is 5. The van der Waals surface area contributed by atoms with Gasteiger partial charge < -0.3 is 20.3 Å². The number of alkyl halides is 3. The van der Waals surface area contributed by atoms with Gasteiger partial charge in [0.25, 0.3) is 5.91 Å². The van der Waals surface area contributed by atoms with E-state index in [1.807, 2.05) is 25.8 Å². The third kappa shape index (κ3) is 5.81. The highest BCUT2D eigenvalue weighted by Crippen LogP contribution is 2.41. The second-order valence-corrected chi connectivity index (χ2v) is 10.4. The van der Waals surface area contributed by atoms with Gasteiger partial charge in [0.1, 0.15) is 5.83 Å². The molecule has 1 aromatic carbocycles. The largest absolute Gasteiger partial charge is 0.478 e. The molecule has 2 aliphatic rings. The second kappa shape index (κ2) is 10.9. The van der Waals surface area contributed by atoms with Crippen molar-refractivity contribution in [1.82, 2.24) is 9.88 Å². The molecular weight excluding hydrogens is 532 g/mol. The van der Waals surface area contributed by atoms with Crippen LogP contribution in [0.4, 0.5) is 28.9 Å². The van der Waals surface area contributed by atoms with Gasteiger partial charge in [-0.1, -0.05) is 19.1 Å².